The van der Waals surface area contributed by atoms with Gasteiger partial charge in [-0.3, -0.25) is 9.69 Å². The van der Waals surface area contributed by atoms with E-state index in [4.69, 9.17) is 9.26 Å². The molecule has 1 aliphatic carbocycles. The van der Waals surface area contributed by atoms with E-state index in [-0.39, 0.29) is 12.5 Å². The summed E-state index contributed by atoms with van der Waals surface area (Å²) in [6, 6.07) is 1.86. The van der Waals surface area contributed by atoms with Crippen LogP contribution in [0.2, 0.25) is 0 Å². The zero-order valence-corrected chi connectivity index (χ0v) is 18.3. The number of ether oxygens (including phenoxy) is 1. The first-order valence-corrected chi connectivity index (χ1v) is 11.0. The Kier molecular flexibility index (Phi) is 5.55. The van der Waals surface area contributed by atoms with Crippen LogP contribution in [0.1, 0.15) is 76.1 Å². The van der Waals surface area contributed by atoms with E-state index in [9.17, 15) is 9.59 Å². The minimum absolute atomic E-state index is 0.193. The monoisotopic (exact) mass is 428 g/mol. The van der Waals surface area contributed by atoms with Crippen molar-refractivity contribution >= 4 is 39.4 Å². The van der Waals surface area contributed by atoms with Crippen molar-refractivity contribution in [3.63, 3.8) is 0 Å². The number of rotatable bonds is 7. The lowest BCUT2D eigenvalue weighted by atomic mass is 10.1. The average molecular weight is 429 g/mol. The van der Waals surface area contributed by atoms with Gasteiger partial charge in [-0.25, -0.2) is 14.8 Å². The van der Waals surface area contributed by atoms with Gasteiger partial charge in [0.2, 0.25) is 0 Å². The molecule has 9 heteroatoms. The van der Waals surface area contributed by atoms with Gasteiger partial charge in [0.1, 0.15) is 4.88 Å². The highest BCUT2D eigenvalue weighted by Gasteiger charge is 2.31. The zero-order chi connectivity index (χ0) is 21.4. The molecule has 3 heterocycles. The number of nitrogens with zero attached hydrogens (tertiary/aromatic N) is 4. The molecule has 0 radical (unpaired) electrons. The van der Waals surface area contributed by atoms with Gasteiger partial charge in [-0.2, -0.15) is 0 Å². The van der Waals surface area contributed by atoms with Crippen molar-refractivity contribution in [1.29, 1.82) is 0 Å². The van der Waals surface area contributed by atoms with Crippen LogP contribution in [0.25, 0.3) is 11.1 Å². The minimum atomic E-state index is -0.417. The summed E-state index contributed by atoms with van der Waals surface area (Å²) in [4.78, 5) is 37.0. The lowest BCUT2D eigenvalue weighted by molar-refractivity contribution is 0.0531. The molecule has 30 heavy (non-hydrogen) atoms. The molecule has 1 aliphatic rings. The fourth-order valence-electron chi connectivity index (χ4n) is 3.41. The Morgan fingerprint density at radius 2 is 2.00 bits per heavy atom. The molecule has 3 aromatic heterocycles. The third-order valence-corrected chi connectivity index (χ3v) is 6.19. The highest BCUT2D eigenvalue weighted by molar-refractivity contribution is 7.17. The maximum Gasteiger partial charge on any atom is 0.350 e. The number of hydrogen-bond donors (Lipinski definition) is 0. The van der Waals surface area contributed by atoms with Gasteiger partial charge in [-0.15, -0.1) is 0 Å². The number of aromatic nitrogens is 3. The first kappa shape index (κ1) is 20.5. The number of fused-ring (bicyclic) bond motifs is 1. The topological polar surface area (TPSA) is 98.4 Å². The van der Waals surface area contributed by atoms with Crippen molar-refractivity contribution in [2.45, 2.75) is 52.9 Å². The van der Waals surface area contributed by atoms with Crippen LogP contribution < -0.4 is 4.90 Å². The lowest BCUT2D eigenvalue weighted by Crippen LogP contribution is -2.32. The van der Waals surface area contributed by atoms with Gasteiger partial charge in [0.15, 0.2) is 5.13 Å². The maximum absolute atomic E-state index is 13.7. The molecule has 158 valence electrons. The number of carbonyl (C=O) groups excluding carboxylic acids is 2. The van der Waals surface area contributed by atoms with Crippen LogP contribution >= 0.6 is 11.3 Å². The summed E-state index contributed by atoms with van der Waals surface area (Å²) >= 11 is 1.18. The normalized spacial score (nSPS) is 13.6. The zero-order valence-electron chi connectivity index (χ0n) is 17.5. The van der Waals surface area contributed by atoms with Crippen LogP contribution in [-0.2, 0) is 4.74 Å². The van der Waals surface area contributed by atoms with Gasteiger partial charge < -0.3 is 9.26 Å². The minimum Gasteiger partial charge on any atom is -0.462 e. The van der Waals surface area contributed by atoms with Gasteiger partial charge in [0.05, 0.1) is 28.9 Å². The van der Waals surface area contributed by atoms with Gasteiger partial charge in [-0.1, -0.05) is 23.4 Å². The molecule has 0 aromatic carbocycles. The first-order chi connectivity index (χ1) is 14.4. The third-order valence-electron chi connectivity index (χ3n) is 5.03. The van der Waals surface area contributed by atoms with Gasteiger partial charge in [-0.05, 0) is 46.1 Å². The SMILES string of the molecule is CCCN(C(=O)c1cc(C2CC2)nc2onc(C)c12)c1nc(C)c(C(=O)OCC)s1. The molecule has 1 amide bonds. The molecule has 0 aliphatic heterocycles. The van der Waals surface area contributed by atoms with Crippen molar-refractivity contribution < 1.29 is 18.8 Å². The fraction of sp³-hybridized carbons (Fsp3) is 0.476. The number of carbonyl (C=O) groups is 2. The number of thiazole rings is 1. The van der Waals surface area contributed by atoms with Crippen molar-refractivity contribution in [2.75, 3.05) is 18.1 Å². The summed E-state index contributed by atoms with van der Waals surface area (Å²) in [5.41, 5.74) is 2.95. The van der Waals surface area contributed by atoms with Crippen molar-refractivity contribution in [1.82, 2.24) is 15.1 Å². The van der Waals surface area contributed by atoms with E-state index in [0.29, 0.717) is 50.5 Å². The largest absolute Gasteiger partial charge is 0.462 e. The summed E-state index contributed by atoms with van der Waals surface area (Å²) in [5, 5.41) is 5.13. The Morgan fingerprint density at radius 1 is 1.23 bits per heavy atom. The van der Waals surface area contributed by atoms with Crippen LogP contribution in [0, 0.1) is 13.8 Å². The second-order valence-electron chi connectivity index (χ2n) is 7.41. The van der Waals surface area contributed by atoms with Crippen LogP contribution in [0.15, 0.2) is 10.6 Å². The van der Waals surface area contributed by atoms with Crippen molar-refractivity contribution in [3.05, 3.63) is 33.6 Å². The Morgan fingerprint density at radius 3 is 2.67 bits per heavy atom. The van der Waals surface area contributed by atoms with E-state index < -0.39 is 5.97 Å². The smallest absolute Gasteiger partial charge is 0.350 e. The molecule has 4 rings (SSSR count). The quantitative estimate of drug-likeness (QED) is 0.514. The van der Waals surface area contributed by atoms with Gasteiger partial charge >= 0.3 is 5.97 Å². The van der Waals surface area contributed by atoms with Gasteiger partial charge in [0, 0.05) is 18.2 Å². The summed E-state index contributed by atoms with van der Waals surface area (Å²) in [7, 11) is 0. The number of aryl methyl sites for hydroxylation is 2. The molecule has 0 spiro atoms. The highest BCUT2D eigenvalue weighted by Crippen LogP contribution is 2.41. The number of amides is 1. The first-order valence-electron chi connectivity index (χ1n) is 10.2. The lowest BCUT2D eigenvalue weighted by Gasteiger charge is -2.20. The number of anilines is 1. The standard InChI is InChI=1S/C21H24N4O4S/c1-5-9-25(21-22-12(4)17(30-21)20(27)28-6-2)19(26)14-10-15(13-7-8-13)23-18-16(14)11(3)24-29-18/h10,13H,5-9H2,1-4H3. The number of esters is 1. The molecule has 0 unspecified atom stereocenters. The van der Waals surface area contributed by atoms with Crippen LogP contribution in [-0.4, -0.2) is 40.2 Å². The second-order valence-corrected chi connectivity index (χ2v) is 8.38. The predicted octanol–water partition coefficient (Wildman–Crippen LogP) is 4.41. The van der Waals surface area contributed by atoms with Crippen LogP contribution in [0.5, 0.6) is 0 Å². The maximum atomic E-state index is 13.7. The number of pyridine rings is 1. The molecule has 0 bridgehead atoms. The second kappa shape index (κ2) is 8.14. The molecule has 0 N–H and O–H groups in total. The van der Waals surface area contributed by atoms with E-state index in [0.717, 1.165) is 25.0 Å². The van der Waals surface area contributed by atoms with E-state index in [1.54, 1.807) is 25.7 Å². The predicted molar refractivity (Wildman–Crippen MR) is 113 cm³/mol. The van der Waals surface area contributed by atoms with E-state index in [2.05, 4.69) is 15.1 Å². The van der Waals surface area contributed by atoms with Gasteiger partial charge in [0.25, 0.3) is 11.6 Å². The molecule has 3 aromatic rings. The molecule has 0 saturated heterocycles. The Bertz CT molecular complexity index is 1120. The third kappa shape index (κ3) is 3.69. The van der Waals surface area contributed by atoms with Crippen LogP contribution in [0.3, 0.4) is 0 Å². The van der Waals surface area contributed by atoms with E-state index in [1.807, 2.05) is 13.0 Å². The van der Waals surface area contributed by atoms with Crippen molar-refractivity contribution in [2.24, 2.45) is 0 Å². The fourth-order valence-corrected chi connectivity index (χ4v) is 4.39. The van der Waals surface area contributed by atoms with E-state index in [1.165, 1.54) is 11.3 Å². The molecule has 0 atom stereocenters. The molecular formula is C21H24N4O4S. The molecular weight excluding hydrogens is 404 g/mol. The summed E-state index contributed by atoms with van der Waals surface area (Å²) in [5.74, 6) is -0.245. The molecule has 1 saturated carbocycles. The summed E-state index contributed by atoms with van der Waals surface area (Å²) < 4.78 is 10.5. The Hall–Kier alpha value is -2.81. The van der Waals surface area contributed by atoms with E-state index >= 15 is 0 Å². The number of hydrogen-bond acceptors (Lipinski definition) is 8. The highest BCUT2D eigenvalue weighted by atomic mass is 32.1. The Balaban J connectivity index is 1.77. The van der Waals surface area contributed by atoms with Crippen LogP contribution in [0.4, 0.5) is 5.13 Å². The van der Waals surface area contributed by atoms with Crippen molar-refractivity contribution in [3.8, 4) is 0 Å². The Labute approximate surface area is 178 Å². The molecule has 1 fully saturated rings. The molecule has 8 nitrogen and oxygen atoms in total. The summed E-state index contributed by atoms with van der Waals surface area (Å²) in [6.45, 7) is 8.07. The average Bonchev–Trinajstić information content (AvgIpc) is 3.42. The summed E-state index contributed by atoms with van der Waals surface area (Å²) in [6.07, 6.45) is 2.87.